The van der Waals surface area contributed by atoms with E-state index in [0.29, 0.717) is 0 Å². The number of carboxylic acids is 1. The number of benzene rings is 1. The number of carboxylic acid groups (broad SMARTS) is 1. The number of carbonyl (C=O) groups excluding carboxylic acids is 1. The Morgan fingerprint density at radius 3 is 2.53 bits per heavy atom. The Hall–Kier alpha value is -1.69. The molecule has 0 bridgehead atoms. The van der Waals surface area contributed by atoms with Crippen LogP contribution in [0.15, 0.2) is 12.1 Å². The van der Waals surface area contributed by atoms with Crippen LogP contribution in [0.25, 0.3) is 0 Å². The van der Waals surface area contributed by atoms with Crippen molar-refractivity contribution in [3.8, 4) is 0 Å². The zero-order valence-corrected chi connectivity index (χ0v) is 10.5. The molecule has 1 N–H and O–H groups in total. The number of hydrogen-bond acceptors (Lipinski definition) is 2. The highest BCUT2D eigenvalue weighted by Gasteiger charge is 2.33. The summed E-state index contributed by atoms with van der Waals surface area (Å²) < 4.78 is 26.7. The average molecular weight is 290 g/mol. The van der Waals surface area contributed by atoms with Crippen molar-refractivity contribution in [3.05, 3.63) is 34.4 Å². The molecular weight excluding hydrogens is 280 g/mol. The highest BCUT2D eigenvalue weighted by atomic mass is 35.5. The van der Waals surface area contributed by atoms with Crippen LogP contribution >= 0.6 is 11.6 Å². The Labute approximate surface area is 112 Å². The minimum atomic E-state index is -0.944. The van der Waals surface area contributed by atoms with Gasteiger partial charge in [0.2, 0.25) is 0 Å². The lowest BCUT2D eigenvalue weighted by Crippen LogP contribution is -2.50. The Bertz CT molecular complexity index is 544. The van der Waals surface area contributed by atoms with Crippen LogP contribution in [-0.4, -0.2) is 35.0 Å². The van der Waals surface area contributed by atoms with E-state index in [0.717, 1.165) is 12.1 Å². The molecule has 1 heterocycles. The summed E-state index contributed by atoms with van der Waals surface area (Å²) in [7, 11) is 0. The summed E-state index contributed by atoms with van der Waals surface area (Å²) in [5.74, 6) is -3.50. The highest BCUT2D eigenvalue weighted by molar-refractivity contribution is 6.30. The van der Waals surface area contributed by atoms with Gasteiger partial charge in [0.15, 0.2) is 0 Å². The van der Waals surface area contributed by atoms with Crippen LogP contribution in [0.2, 0.25) is 5.02 Å². The van der Waals surface area contributed by atoms with Crippen molar-refractivity contribution in [2.75, 3.05) is 13.1 Å². The van der Waals surface area contributed by atoms with Crippen molar-refractivity contribution < 1.29 is 23.5 Å². The van der Waals surface area contributed by atoms with Crippen molar-refractivity contribution in [1.82, 2.24) is 4.90 Å². The second-order valence-electron chi connectivity index (χ2n) is 4.42. The number of aliphatic carboxylic acids is 1. The van der Waals surface area contributed by atoms with Crippen LogP contribution in [0, 0.1) is 17.6 Å². The molecule has 19 heavy (non-hydrogen) atoms. The summed E-state index contributed by atoms with van der Waals surface area (Å²) in [5.41, 5.74) is -0.393. The quantitative estimate of drug-likeness (QED) is 0.868. The second kappa shape index (κ2) is 5.13. The molecule has 0 atom stereocenters. The fourth-order valence-electron chi connectivity index (χ4n) is 1.97. The van der Waals surface area contributed by atoms with E-state index in [4.69, 9.17) is 16.7 Å². The summed E-state index contributed by atoms with van der Waals surface area (Å²) in [6.45, 7) is 0.462. The number of carbonyl (C=O) groups is 2. The SMILES string of the molecule is O=C(O)CC1CN(C(=O)c2cc(F)c(Cl)cc2F)C1. The first-order valence-electron chi connectivity index (χ1n) is 5.54. The van der Waals surface area contributed by atoms with Gasteiger partial charge in [-0.05, 0) is 12.1 Å². The van der Waals surface area contributed by atoms with Gasteiger partial charge in [0.25, 0.3) is 5.91 Å². The van der Waals surface area contributed by atoms with Gasteiger partial charge in [0.05, 0.1) is 17.0 Å². The van der Waals surface area contributed by atoms with Gasteiger partial charge >= 0.3 is 5.97 Å². The molecule has 0 radical (unpaired) electrons. The molecule has 0 unspecified atom stereocenters. The summed E-state index contributed by atoms with van der Waals surface area (Å²) in [4.78, 5) is 23.6. The van der Waals surface area contributed by atoms with E-state index >= 15 is 0 Å². The number of likely N-dealkylation sites (tertiary alicyclic amines) is 1. The number of rotatable bonds is 3. The second-order valence-corrected chi connectivity index (χ2v) is 4.83. The standard InChI is InChI=1S/C12H10ClF2NO3/c13-8-3-9(14)7(2-10(8)15)12(19)16-4-6(5-16)1-11(17)18/h2-3,6H,1,4-5H2,(H,17,18). The van der Waals surface area contributed by atoms with Crippen molar-refractivity contribution >= 4 is 23.5 Å². The highest BCUT2D eigenvalue weighted by Crippen LogP contribution is 2.25. The molecule has 2 rings (SSSR count). The van der Waals surface area contributed by atoms with Gasteiger partial charge in [-0.1, -0.05) is 11.6 Å². The molecule has 0 saturated carbocycles. The molecule has 1 aromatic rings. The van der Waals surface area contributed by atoms with E-state index in [1.807, 2.05) is 0 Å². The van der Waals surface area contributed by atoms with Crippen LogP contribution in [0.5, 0.6) is 0 Å². The molecule has 7 heteroatoms. The average Bonchev–Trinajstić information content (AvgIpc) is 2.27. The van der Waals surface area contributed by atoms with Gasteiger partial charge < -0.3 is 10.0 Å². The largest absolute Gasteiger partial charge is 0.481 e. The maximum absolute atomic E-state index is 13.5. The number of halogens is 3. The lowest BCUT2D eigenvalue weighted by atomic mass is 9.95. The smallest absolute Gasteiger partial charge is 0.303 e. The van der Waals surface area contributed by atoms with Crippen molar-refractivity contribution in [2.24, 2.45) is 5.92 Å². The van der Waals surface area contributed by atoms with Gasteiger partial charge in [-0.15, -0.1) is 0 Å². The molecule has 1 fully saturated rings. The lowest BCUT2D eigenvalue weighted by molar-refractivity contribution is -0.139. The topological polar surface area (TPSA) is 57.6 Å². The summed E-state index contributed by atoms with van der Waals surface area (Å²) >= 11 is 5.39. The molecule has 1 aliphatic heterocycles. The molecule has 1 saturated heterocycles. The first-order chi connectivity index (χ1) is 8.88. The van der Waals surface area contributed by atoms with Gasteiger partial charge in [-0.2, -0.15) is 0 Å². The summed E-state index contributed by atoms with van der Waals surface area (Å²) in [5, 5.41) is 8.19. The van der Waals surface area contributed by atoms with E-state index in [9.17, 15) is 18.4 Å². The first-order valence-corrected chi connectivity index (χ1v) is 5.92. The molecule has 0 aliphatic carbocycles. The minimum Gasteiger partial charge on any atom is -0.481 e. The van der Waals surface area contributed by atoms with Gasteiger partial charge in [0.1, 0.15) is 11.6 Å². The predicted molar refractivity (Wildman–Crippen MR) is 63.0 cm³/mol. The van der Waals surface area contributed by atoms with E-state index in [1.54, 1.807) is 0 Å². The van der Waals surface area contributed by atoms with E-state index in [2.05, 4.69) is 0 Å². The fraction of sp³-hybridized carbons (Fsp3) is 0.333. The fourth-order valence-corrected chi connectivity index (χ4v) is 2.12. The Kier molecular flexibility index (Phi) is 3.71. The Morgan fingerprint density at radius 1 is 1.32 bits per heavy atom. The molecule has 0 aromatic heterocycles. The van der Waals surface area contributed by atoms with Crippen LogP contribution in [0.4, 0.5) is 8.78 Å². The monoisotopic (exact) mass is 289 g/mol. The van der Waals surface area contributed by atoms with Crippen LogP contribution in [-0.2, 0) is 4.79 Å². The predicted octanol–water partition coefficient (Wildman–Crippen LogP) is 2.16. The lowest BCUT2D eigenvalue weighted by Gasteiger charge is -2.38. The molecule has 102 valence electrons. The Morgan fingerprint density at radius 2 is 1.95 bits per heavy atom. The normalized spacial score (nSPS) is 15.2. The third kappa shape index (κ3) is 2.84. The number of amides is 1. The third-order valence-corrected chi connectivity index (χ3v) is 3.24. The molecular formula is C12H10ClF2NO3. The molecule has 1 amide bonds. The Balaban J connectivity index is 2.06. The van der Waals surface area contributed by atoms with E-state index < -0.39 is 29.1 Å². The van der Waals surface area contributed by atoms with Crippen LogP contribution < -0.4 is 0 Å². The summed E-state index contributed by atoms with van der Waals surface area (Å²) in [6.07, 6.45) is -0.0404. The van der Waals surface area contributed by atoms with Crippen LogP contribution in [0.1, 0.15) is 16.8 Å². The third-order valence-electron chi connectivity index (χ3n) is 2.95. The maximum atomic E-state index is 13.5. The van der Waals surface area contributed by atoms with Gasteiger partial charge in [-0.25, -0.2) is 8.78 Å². The first kappa shape index (κ1) is 13.7. The number of hydrogen-bond donors (Lipinski definition) is 1. The summed E-state index contributed by atoms with van der Waals surface area (Å²) in [6, 6.07) is 1.50. The minimum absolute atomic E-state index is 0.0404. The molecule has 0 spiro atoms. The molecule has 1 aliphatic rings. The molecule has 1 aromatic carbocycles. The van der Waals surface area contributed by atoms with Crippen molar-refractivity contribution in [3.63, 3.8) is 0 Å². The van der Waals surface area contributed by atoms with Gasteiger partial charge in [0, 0.05) is 19.0 Å². The van der Waals surface area contributed by atoms with Gasteiger partial charge in [-0.3, -0.25) is 9.59 Å². The van der Waals surface area contributed by atoms with Crippen molar-refractivity contribution in [1.29, 1.82) is 0 Å². The number of nitrogens with zero attached hydrogens (tertiary/aromatic N) is 1. The maximum Gasteiger partial charge on any atom is 0.303 e. The van der Waals surface area contributed by atoms with E-state index in [-0.39, 0.29) is 30.5 Å². The van der Waals surface area contributed by atoms with E-state index in [1.165, 1.54) is 4.90 Å². The molecule has 4 nitrogen and oxygen atoms in total. The van der Waals surface area contributed by atoms with Crippen molar-refractivity contribution in [2.45, 2.75) is 6.42 Å². The zero-order valence-electron chi connectivity index (χ0n) is 9.70. The zero-order chi connectivity index (χ0) is 14.2. The van der Waals surface area contributed by atoms with Crippen LogP contribution in [0.3, 0.4) is 0 Å².